The predicted molar refractivity (Wildman–Crippen MR) is 58.8 cm³/mol. The summed E-state index contributed by atoms with van der Waals surface area (Å²) in [5.74, 6) is -1.28. The highest BCUT2D eigenvalue weighted by Gasteiger charge is 2.11. The SMILES string of the molecule is O=C(O)c1cnoc1/C=C/c1ccc(F)cc1. The second-order valence-corrected chi connectivity index (χ2v) is 3.29. The monoisotopic (exact) mass is 233 g/mol. The van der Waals surface area contributed by atoms with Gasteiger partial charge in [0.2, 0.25) is 0 Å². The lowest BCUT2D eigenvalue weighted by Crippen LogP contribution is -1.95. The van der Waals surface area contributed by atoms with Crippen molar-refractivity contribution in [1.29, 1.82) is 0 Å². The van der Waals surface area contributed by atoms with E-state index in [0.717, 1.165) is 11.8 Å². The first-order valence-electron chi connectivity index (χ1n) is 4.78. The predicted octanol–water partition coefficient (Wildman–Crippen LogP) is 2.68. The van der Waals surface area contributed by atoms with Crippen LogP contribution in [0, 0.1) is 5.82 Å². The Bertz CT molecular complexity index is 557. The third-order valence-electron chi connectivity index (χ3n) is 2.13. The van der Waals surface area contributed by atoms with Crippen LogP contribution in [-0.4, -0.2) is 16.2 Å². The highest BCUT2D eigenvalue weighted by molar-refractivity contribution is 5.91. The molecule has 4 nitrogen and oxygen atoms in total. The van der Waals surface area contributed by atoms with Crippen molar-refractivity contribution in [2.45, 2.75) is 0 Å². The van der Waals surface area contributed by atoms with Gasteiger partial charge in [0, 0.05) is 0 Å². The average molecular weight is 233 g/mol. The molecule has 0 spiro atoms. The van der Waals surface area contributed by atoms with Crippen molar-refractivity contribution in [3.8, 4) is 0 Å². The summed E-state index contributed by atoms with van der Waals surface area (Å²) in [7, 11) is 0. The van der Waals surface area contributed by atoms with Gasteiger partial charge in [-0.15, -0.1) is 0 Å². The molecule has 0 saturated carbocycles. The Kier molecular flexibility index (Phi) is 3.00. The molecule has 86 valence electrons. The summed E-state index contributed by atoms with van der Waals surface area (Å²) < 4.78 is 17.4. The van der Waals surface area contributed by atoms with E-state index < -0.39 is 5.97 Å². The molecule has 2 rings (SSSR count). The zero-order valence-electron chi connectivity index (χ0n) is 8.63. The summed E-state index contributed by atoms with van der Waals surface area (Å²) in [6.07, 6.45) is 4.22. The lowest BCUT2D eigenvalue weighted by Gasteiger charge is -1.92. The number of aromatic carboxylic acids is 1. The van der Waals surface area contributed by atoms with Gasteiger partial charge < -0.3 is 9.63 Å². The number of benzene rings is 1. The van der Waals surface area contributed by atoms with E-state index in [0.29, 0.717) is 0 Å². The summed E-state index contributed by atoms with van der Waals surface area (Å²) >= 11 is 0. The van der Waals surface area contributed by atoms with Gasteiger partial charge in [0.05, 0.1) is 6.20 Å². The number of carboxylic acids is 1. The fourth-order valence-corrected chi connectivity index (χ4v) is 1.28. The minimum Gasteiger partial charge on any atom is -0.477 e. The number of nitrogens with zero attached hydrogens (tertiary/aromatic N) is 1. The van der Waals surface area contributed by atoms with Gasteiger partial charge in [-0.2, -0.15) is 0 Å². The molecule has 5 heteroatoms. The molecule has 0 saturated heterocycles. The van der Waals surface area contributed by atoms with Crippen LogP contribution in [0.3, 0.4) is 0 Å². The lowest BCUT2D eigenvalue weighted by molar-refractivity contribution is 0.0696. The Morgan fingerprint density at radius 1 is 1.29 bits per heavy atom. The molecule has 0 bridgehead atoms. The molecule has 1 aromatic heterocycles. The van der Waals surface area contributed by atoms with Crippen LogP contribution in [0.4, 0.5) is 4.39 Å². The van der Waals surface area contributed by atoms with Crippen molar-refractivity contribution in [2.75, 3.05) is 0 Å². The molecular weight excluding hydrogens is 225 g/mol. The van der Waals surface area contributed by atoms with Crippen LogP contribution < -0.4 is 0 Å². The first kappa shape index (κ1) is 11.1. The Balaban J connectivity index is 2.23. The third kappa shape index (κ3) is 2.57. The molecule has 0 fully saturated rings. The first-order chi connectivity index (χ1) is 8.16. The summed E-state index contributed by atoms with van der Waals surface area (Å²) in [4.78, 5) is 10.8. The number of carboxylic acid groups (broad SMARTS) is 1. The van der Waals surface area contributed by atoms with Crippen LogP contribution in [0.5, 0.6) is 0 Å². The number of rotatable bonds is 3. The van der Waals surface area contributed by atoms with Crippen LogP contribution in [0.25, 0.3) is 12.2 Å². The van der Waals surface area contributed by atoms with Crippen molar-refractivity contribution in [2.24, 2.45) is 0 Å². The molecular formula is C12H8FNO3. The van der Waals surface area contributed by atoms with Crippen molar-refractivity contribution >= 4 is 18.1 Å². The molecule has 0 amide bonds. The van der Waals surface area contributed by atoms with Gasteiger partial charge >= 0.3 is 5.97 Å². The number of hydrogen-bond donors (Lipinski definition) is 1. The van der Waals surface area contributed by atoms with Gasteiger partial charge in [-0.1, -0.05) is 23.4 Å². The maximum Gasteiger partial charge on any atom is 0.341 e. The fraction of sp³-hybridized carbons (Fsp3) is 0. The van der Waals surface area contributed by atoms with Gasteiger partial charge in [-0.25, -0.2) is 9.18 Å². The topological polar surface area (TPSA) is 63.3 Å². The molecule has 0 aliphatic carbocycles. The van der Waals surface area contributed by atoms with Crippen LogP contribution in [-0.2, 0) is 0 Å². The molecule has 2 aromatic rings. The van der Waals surface area contributed by atoms with Gasteiger partial charge in [0.25, 0.3) is 0 Å². The van der Waals surface area contributed by atoms with E-state index in [4.69, 9.17) is 9.63 Å². The zero-order valence-corrected chi connectivity index (χ0v) is 8.63. The van der Waals surface area contributed by atoms with Crippen LogP contribution in [0.2, 0.25) is 0 Å². The van der Waals surface area contributed by atoms with Crippen molar-refractivity contribution in [3.63, 3.8) is 0 Å². The number of aromatic nitrogens is 1. The normalized spacial score (nSPS) is 10.9. The van der Waals surface area contributed by atoms with Crippen molar-refractivity contribution in [1.82, 2.24) is 5.16 Å². The van der Waals surface area contributed by atoms with E-state index in [-0.39, 0.29) is 17.1 Å². The van der Waals surface area contributed by atoms with Gasteiger partial charge in [0.1, 0.15) is 11.4 Å². The first-order valence-corrected chi connectivity index (χ1v) is 4.78. The highest BCUT2D eigenvalue weighted by Crippen LogP contribution is 2.13. The highest BCUT2D eigenvalue weighted by atomic mass is 19.1. The minimum atomic E-state index is -1.11. The third-order valence-corrected chi connectivity index (χ3v) is 2.13. The number of carbonyl (C=O) groups is 1. The minimum absolute atomic E-state index is 0.0108. The van der Waals surface area contributed by atoms with E-state index in [1.54, 1.807) is 18.2 Å². The summed E-state index contributed by atoms with van der Waals surface area (Å²) in [6.45, 7) is 0. The second-order valence-electron chi connectivity index (χ2n) is 3.29. The molecule has 0 aliphatic rings. The van der Waals surface area contributed by atoms with Crippen LogP contribution in [0.15, 0.2) is 35.0 Å². The molecule has 1 N–H and O–H groups in total. The van der Waals surface area contributed by atoms with Gasteiger partial charge in [0.15, 0.2) is 5.76 Å². The van der Waals surface area contributed by atoms with E-state index in [2.05, 4.69) is 5.16 Å². The molecule has 0 unspecified atom stereocenters. The molecule has 1 aromatic carbocycles. The lowest BCUT2D eigenvalue weighted by atomic mass is 10.2. The number of halogens is 1. The number of hydrogen-bond acceptors (Lipinski definition) is 3. The Hall–Kier alpha value is -2.43. The maximum atomic E-state index is 12.6. The fourth-order valence-electron chi connectivity index (χ4n) is 1.28. The maximum absolute atomic E-state index is 12.6. The molecule has 0 atom stereocenters. The molecule has 1 heterocycles. The van der Waals surface area contributed by atoms with E-state index in [9.17, 15) is 9.18 Å². The van der Waals surface area contributed by atoms with E-state index in [1.165, 1.54) is 18.2 Å². The quantitative estimate of drug-likeness (QED) is 0.885. The standard InChI is InChI=1S/C12H8FNO3/c13-9-4-1-8(2-5-9)3-6-11-10(12(15)16)7-14-17-11/h1-7H,(H,15,16)/b6-3+. The summed E-state index contributed by atoms with van der Waals surface area (Å²) in [5, 5.41) is 12.2. The van der Waals surface area contributed by atoms with Crippen molar-refractivity contribution < 1.29 is 18.8 Å². The molecule has 17 heavy (non-hydrogen) atoms. The smallest absolute Gasteiger partial charge is 0.341 e. The van der Waals surface area contributed by atoms with E-state index in [1.807, 2.05) is 0 Å². The second kappa shape index (κ2) is 4.61. The molecule has 0 aliphatic heterocycles. The van der Waals surface area contributed by atoms with Gasteiger partial charge in [-0.05, 0) is 23.8 Å². The Morgan fingerprint density at radius 3 is 2.65 bits per heavy atom. The summed E-state index contributed by atoms with van der Waals surface area (Å²) in [5.41, 5.74) is 0.725. The average Bonchev–Trinajstić information content (AvgIpc) is 2.76. The Labute approximate surface area is 96.0 Å². The van der Waals surface area contributed by atoms with Crippen molar-refractivity contribution in [3.05, 3.63) is 53.2 Å². The largest absolute Gasteiger partial charge is 0.477 e. The van der Waals surface area contributed by atoms with Crippen LogP contribution >= 0.6 is 0 Å². The summed E-state index contributed by atoms with van der Waals surface area (Å²) in [6, 6.07) is 5.78. The van der Waals surface area contributed by atoms with Gasteiger partial charge in [-0.3, -0.25) is 0 Å². The van der Waals surface area contributed by atoms with Crippen LogP contribution in [0.1, 0.15) is 21.7 Å². The molecule has 0 radical (unpaired) electrons. The zero-order chi connectivity index (χ0) is 12.3. The Morgan fingerprint density at radius 2 is 2.00 bits per heavy atom. The van der Waals surface area contributed by atoms with E-state index >= 15 is 0 Å².